The predicted octanol–water partition coefficient (Wildman–Crippen LogP) is 5.05. The summed E-state index contributed by atoms with van der Waals surface area (Å²) in [4.78, 5) is 29.6. The Morgan fingerprint density at radius 3 is 2.23 bits per heavy atom. The lowest BCUT2D eigenvalue weighted by Crippen LogP contribution is -2.52. The lowest BCUT2D eigenvalue weighted by Gasteiger charge is -2.34. The Balaban J connectivity index is 1.36. The number of ether oxygens (including phenoxy) is 2. The van der Waals surface area contributed by atoms with Gasteiger partial charge in [-0.3, -0.25) is 13.9 Å². The number of hydrogen-bond donors (Lipinski definition) is 1. The molecule has 9 nitrogen and oxygen atoms in total. The van der Waals surface area contributed by atoms with Gasteiger partial charge < -0.3 is 19.7 Å². The summed E-state index contributed by atoms with van der Waals surface area (Å²) in [7, 11) is -3.64. The highest BCUT2D eigenvalue weighted by molar-refractivity contribution is 7.92. The average molecular weight is 620 g/mol. The van der Waals surface area contributed by atoms with Crippen LogP contribution in [0.5, 0.6) is 11.5 Å². The standard InChI is InChI=1S/C34H41N3O6S/c1-44(40,41)37(29-19-20-31-32(23-29)43-25-42-31)21-11-18-33(38)36(24-27-14-7-3-8-15-27)30(22-26-12-5-2-6-13-26)34(39)35-28-16-9-4-10-17-28/h2-3,5-8,12-15,19-20,23,28,30H,4,9-11,16-18,21-22,24-25H2,1H3,(H,35,39)/t30-/m1/s1. The third-order valence-corrected chi connectivity index (χ3v) is 9.41. The smallest absolute Gasteiger partial charge is 0.243 e. The number of sulfonamides is 1. The molecule has 1 aliphatic heterocycles. The molecule has 0 unspecified atom stereocenters. The van der Waals surface area contributed by atoms with Crippen LogP contribution in [0, 0.1) is 0 Å². The number of hydrogen-bond acceptors (Lipinski definition) is 6. The van der Waals surface area contributed by atoms with Crippen LogP contribution in [0.1, 0.15) is 56.1 Å². The summed E-state index contributed by atoms with van der Waals surface area (Å²) in [5, 5.41) is 3.25. The number of fused-ring (bicyclic) bond motifs is 1. The maximum atomic E-state index is 14.0. The molecular weight excluding hydrogens is 578 g/mol. The number of anilines is 1. The Bertz CT molecular complexity index is 1510. The van der Waals surface area contributed by atoms with Gasteiger partial charge in [0.15, 0.2) is 11.5 Å². The fourth-order valence-corrected chi connectivity index (χ4v) is 6.88. The molecular formula is C34H41N3O6S. The first-order valence-electron chi connectivity index (χ1n) is 15.3. The molecule has 3 aromatic rings. The summed E-state index contributed by atoms with van der Waals surface area (Å²) in [6.07, 6.45) is 7.10. The molecule has 10 heteroatoms. The highest BCUT2D eigenvalue weighted by Gasteiger charge is 2.32. The van der Waals surface area contributed by atoms with Gasteiger partial charge in [-0.15, -0.1) is 0 Å². The van der Waals surface area contributed by atoms with Crippen LogP contribution in [0.4, 0.5) is 5.69 Å². The highest BCUT2D eigenvalue weighted by Crippen LogP contribution is 2.36. The quantitative estimate of drug-likeness (QED) is 0.287. The first-order valence-corrected chi connectivity index (χ1v) is 17.2. The van der Waals surface area contributed by atoms with Crippen LogP contribution in [-0.4, -0.2) is 56.8 Å². The van der Waals surface area contributed by atoms with Gasteiger partial charge in [-0.05, 0) is 42.5 Å². The van der Waals surface area contributed by atoms with Gasteiger partial charge in [-0.2, -0.15) is 0 Å². The Morgan fingerprint density at radius 2 is 1.55 bits per heavy atom. The van der Waals surface area contributed by atoms with Crippen molar-refractivity contribution in [1.29, 1.82) is 0 Å². The van der Waals surface area contributed by atoms with Crippen molar-refractivity contribution in [2.24, 2.45) is 0 Å². The second kappa shape index (κ2) is 14.6. The van der Waals surface area contributed by atoms with Gasteiger partial charge in [-0.1, -0.05) is 79.9 Å². The molecule has 44 heavy (non-hydrogen) atoms. The van der Waals surface area contributed by atoms with Crippen molar-refractivity contribution in [2.75, 3.05) is 23.9 Å². The fraction of sp³-hybridized carbons (Fsp3) is 0.412. The molecule has 0 aromatic heterocycles. The highest BCUT2D eigenvalue weighted by atomic mass is 32.2. The Kier molecular flexibility index (Phi) is 10.4. The zero-order valence-electron chi connectivity index (χ0n) is 25.2. The molecule has 1 atom stereocenters. The largest absolute Gasteiger partial charge is 0.454 e. The molecule has 0 radical (unpaired) electrons. The van der Waals surface area contributed by atoms with E-state index in [4.69, 9.17) is 9.47 Å². The van der Waals surface area contributed by atoms with Gasteiger partial charge in [-0.25, -0.2) is 8.42 Å². The summed E-state index contributed by atoms with van der Waals surface area (Å²) in [6.45, 7) is 0.454. The molecule has 234 valence electrons. The normalized spacial score (nSPS) is 15.4. The zero-order valence-corrected chi connectivity index (χ0v) is 26.0. The van der Waals surface area contributed by atoms with E-state index in [1.807, 2.05) is 60.7 Å². The molecule has 0 spiro atoms. The van der Waals surface area contributed by atoms with Crippen LogP contribution in [0.25, 0.3) is 0 Å². The van der Waals surface area contributed by atoms with Gasteiger partial charge in [0.05, 0.1) is 11.9 Å². The van der Waals surface area contributed by atoms with Crippen LogP contribution in [-0.2, 0) is 32.6 Å². The van der Waals surface area contributed by atoms with Crippen LogP contribution in [0.15, 0.2) is 78.9 Å². The van der Waals surface area contributed by atoms with Gasteiger partial charge in [0.2, 0.25) is 28.6 Å². The molecule has 5 rings (SSSR count). The molecule has 0 saturated heterocycles. The van der Waals surface area contributed by atoms with Crippen molar-refractivity contribution in [3.8, 4) is 11.5 Å². The van der Waals surface area contributed by atoms with Gasteiger partial charge >= 0.3 is 0 Å². The second-order valence-electron chi connectivity index (χ2n) is 11.5. The van der Waals surface area contributed by atoms with E-state index < -0.39 is 16.1 Å². The van der Waals surface area contributed by atoms with E-state index >= 15 is 0 Å². The van der Waals surface area contributed by atoms with Gasteiger partial charge in [0.25, 0.3) is 0 Å². The number of carbonyl (C=O) groups is 2. The number of nitrogens with one attached hydrogen (secondary N) is 1. The van der Waals surface area contributed by atoms with E-state index in [1.165, 1.54) is 10.7 Å². The van der Waals surface area contributed by atoms with Crippen LogP contribution in [0.2, 0.25) is 0 Å². The molecule has 2 aliphatic rings. The number of nitrogens with zero attached hydrogens (tertiary/aromatic N) is 2. The van der Waals surface area contributed by atoms with Crippen molar-refractivity contribution >= 4 is 27.5 Å². The van der Waals surface area contributed by atoms with Crippen molar-refractivity contribution < 1.29 is 27.5 Å². The molecule has 1 N–H and O–H groups in total. The maximum Gasteiger partial charge on any atom is 0.243 e. The van der Waals surface area contributed by atoms with Crippen LogP contribution < -0.4 is 19.1 Å². The van der Waals surface area contributed by atoms with Crippen LogP contribution in [0.3, 0.4) is 0 Å². The minimum atomic E-state index is -3.64. The third kappa shape index (κ3) is 8.31. The molecule has 1 aliphatic carbocycles. The summed E-state index contributed by atoms with van der Waals surface area (Å²) >= 11 is 0. The van der Waals surface area contributed by atoms with Gasteiger partial charge in [0, 0.05) is 38.0 Å². The predicted molar refractivity (Wildman–Crippen MR) is 170 cm³/mol. The van der Waals surface area contributed by atoms with E-state index in [1.54, 1.807) is 23.1 Å². The van der Waals surface area contributed by atoms with Crippen LogP contribution >= 0.6 is 0 Å². The molecule has 3 aromatic carbocycles. The Labute approximate surface area is 260 Å². The van der Waals surface area contributed by atoms with E-state index in [0.717, 1.165) is 43.1 Å². The van der Waals surface area contributed by atoms with Crippen molar-refractivity contribution in [3.05, 3.63) is 90.0 Å². The monoisotopic (exact) mass is 619 g/mol. The first-order chi connectivity index (χ1) is 21.3. The van der Waals surface area contributed by atoms with Crippen molar-refractivity contribution in [1.82, 2.24) is 10.2 Å². The third-order valence-electron chi connectivity index (χ3n) is 8.21. The number of rotatable bonds is 13. The average Bonchev–Trinajstić information content (AvgIpc) is 3.50. The lowest BCUT2D eigenvalue weighted by atomic mass is 9.94. The zero-order chi connectivity index (χ0) is 30.9. The summed E-state index contributed by atoms with van der Waals surface area (Å²) in [5.74, 6) is 0.690. The van der Waals surface area contributed by atoms with E-state index in [-0.39, 0.29) is 50.6 Å². The van der Waals surface area contributed by atoms with E-state index in [0.29, 0.717) is 23.6 Å². The topological polar surface area (TPSA) is 105 Å². The first kappa shape index (κ1) is 31.4. The number of carbonyl (C=O) groups excluding carboxylic acids is 2. The Morgan fingerprint density at radius 1 is 0.886 bits per heavy atom. The SMILES string of the molecule is CS(=O)(=O)N(CCCC(=O)N(Cc1ccccc1)[C@H](Cc1ccccc1)C(=O)NC1CCCCC1)c1ccc2c(c1)OCO2. The Hall–Kier alpha value is -4.05. The minimum Gasteiger partial charge on any atom is -0.454 e. The molecule has 0 bridgehead atoms. The minimum absolute atomic E-state index is 0.0748. The van der Waals surface area contributed by atoms with Crippen molar-refractivity contribution in [3.63, 3.8) is 0 Å². The summed E-state index contributed by atoms with van der Waals surface area (Å²) in [6, 6.07) is 23.8. The fourth-order valence-electron chi connectivity index (χ4n) is 5.92. The lowest BCUT2D eigenvalue weighted by molar-refractivity contribution is -0.141. The number of amides is 2. The number of benzene rings is 3. The van der Waals surface area contributed by atoms with Gasteiger partial charge in [0.1, 0.15) is 6.04 Å². The maximum absolute atomic E-state index is 14.0. The van der Waals surface area contributed by atoms with E-state index in [9.17, 15) is 18.0 Å². The summed E-state index contributed by atoms with van der Waals surface area (Å²) < 4.78 is 37.6. The van der Waals surface area contributed by atoms with Crippen molar-refractivity contribution in [2.45, 2.75) is 70.0 Å². The molecule has 1 heterocycles. The van der Waals surface area contributed by atoms with E-state index in [2.05, 4.69) is 5.32 Å². The second-order valence-corrected chi connectivity index (χ2v) is 13.4. The molecule has 1 fully saturated rings. The summed E-state index contributed by atoms with van der Waals surface area (Å²) in [5.41, 5.74) is 2.33. The molecule has 2 amide bonds. The molecule has 1 saturated carbocycles.